The van der Waals surface area contributed by atoms with Gasteiger partial charge in [0.15, 0.2) is 0 Å². The number of para-hydroxylation sites is 1. The number of benzene rings is 2. The van der Waals surface area contributed by atoms with Crippen LogP contribution in [0.25, 0.3) is 0 Å². The quantitative estimate of drug-likeness (QED) is 0.666. The Morgan fingerprint density at radius 1 is 1.25 bits per heavy atom. The number of hydrogen-bond acceptors (Lipinski definition) is 2. The van der Waals surface area contributed by atoms with Gasteiger partial charge in [-0.3, -0.25) is 0 Å². The van der Waals surface area contributed by atoms with Crippen LogP contribution in [-0.2, 0) is 0 Å². The molecule has 2 aromatic rings. The van der Waals surface area contributed by atoms with Crippen LogP contribution in [0.2, 0.25) is 5.02 Å². The van der Waals surface area contributed by atoms with E-state index in [1.807, 2.05) is 36.4 Å². The molecule has 2 nitrogen and oxygen atoms in total. The molecule has 0 saturated carbocycles. The summed E-state index contributed by atoms with van der Waals surface area (Å²) in [5.74, 6) is 0.913. The molecule has 0 radical (unpaired) electrons. The summed E-state index contributed by atoms with van der Waals surface area (Å²) in [5.41, 5.74) is 2.26. The van der Waals surface area contributed by atoms with E-state index in [0.29, 0.717) is 0 Å². The van der Waals surface area contributed by atoms with Gasteiger partial charge >= 0.3 is 0 Å². The predicted octanol–water partition coefficient (Wildman–Crippen LogP) is 5.52. The van der Waals surface area contributed by atoms with Gasteiger partial charge in [-0.1, -0.05) is 36.7 Å². The Balaban J connectivity index is 2.29. The Bertz CT molecular complexity index is 588. The zero-order valence-corrected chi connectivity index (χ0v) is 14.4. The summed E-state index contributed by atoms with van der Waals surface area (Å²) in [6, 6.07) is 14.2. The van der Waals surface area contributed by atoms with E-state index in [1.165, 1.54) is 5.56 Å². The predicted molar refractivity (Wildman–Crippen MR) is 93.8 cm³/mol. The van der Waals surface area contributed by atoms with Crippen LogP contribution in [0.1, 0.15) is 24.9 Å². The van der Waals surface area contributed by atoms with Gasteiger partial charge in [0, 0.05) is 19.8 Å². The highest BCUT2D eigenvalue weighted by Gasteiger charge is 2.14. The normalized spacial score (nSPS) is 12.0. The zero-order chi connectivity index (χ0) is 14.5. The number of hydrogen-bond donors (Lipinski definition) is 1. The molecule has 106 valence electrons. The van der Waals surface area contributed by atoms with Gasteiger partial charge in [-0.25, -0.2) is 0 Å². The van der Waals surface area contributed by atoms with Gasteiger partial charge in [-0.05, 0) is 53.3 Å². The maximum atomic E-state index is 6.00. The number of ether oxygens (including phenoxy) is 1. The molecule has 0 saturated heterocycles. The van der Waals surface area contributed by atoms with Crippen molar-refractivity contribution in [2.75, 3.05) is 12.4 Å². The first-order chi connectivity index (χ1) is 9.65. The minimum Gasteiger partial charge on any atom is -0.496 e. The van der Waals surface area contributed by atoms with E-state index in [2.05, 4.69) is 40.9 Å². The fourth-order valence-electron chi connectivity index (χ4n) is 2.15. The number of rotatable bonds is 5. The average Bonchev–Trinajstić information content (AvgIpc) is 2.46. The molecule has 2 rings (SSSR count). The molecule has 2 aromatic carbocycles. The molecule has 4 heteroatoms. The molecule has 1 unspecified atom stereocenters. The Morgan fingerprint density at radius 3 is 2.65 bits per heavy atom. The highest BCUT2D eigenvalue weighted by Crippen LogP contribution is 2.32. The van der Waals surface area contributed by atoms with Crippen LogP contribution in [0.15, 0.2) is 42.5 Å². The summed E-state index contributed by atoms with van der Waals surface area (Å²) in [5, 5.41) is 4.32. The van der Waals surface area contributed by atoms with E-state index >= 15 is 0 Å². The van der Waals surface area contributed by atoms with Gasteiger partial charge in [0.05, 0.1) is 13.2 Å². The number of halogens is 2. The lowest BCUT2D eigenvalue weighted by Gasteiger charge is -2.21. The van der Waals surface area contributed by atoms with Crippen LogP contribution in [0.4, 0.5) is 5.69 Å². The van der Waals surface area contributed by atoms with E-state index in [4.69, 9.17) is 16.3 Å². The van der Waals surface area contributed by atoms with Gasteiger partial charge in [-0.2, -0.15) is 0 Å². The highest BCUT2D eigenvalue weighted by atomic mass is 127. The molecule has 1 N–H and O–H groups in total. The van der Waals surface area contributed by atoms with Crippen LogP contribution < -0.4 is 10.1 Å². The van der Waals surface area contributed by atoms with Crippen molar-refractivity contribution in [1.29, 1.82) is 0 Å². The smallest absolute Gasteiger partial charge is 0.124 e. The first-order valence-corrected chi connectivity index (χ1v) is 7.96. The van der Waals surface area contributed by atoms with E-state index in [1.54, 1.807) is 7.11 Å². The van der Waals surface area contributed by atoms with Crippen molar-refractivity contribution in [1.82, 2.24) is 0 Å². The first kappa shape index (κ1) is 15.4. The van der Waals surface area contributed by atoms with Crippen LogP contribution in [0, 0.1) is 3.57 Å². The largest absolute Gasteiger partial charge is 0.496 e. The molecule has 0 aliphatic carbocycles. The number of nitrogens with one attached hydrogen (secondary N) is 1. The second kappa shape index (κ2) is 7.18. The lowest BCUT2D eigenvalue weighted by molar-refractivity contribution is 0.406. The van der Waals surface area contributed by atoms with Gasteiger partial charge in [0.1, 0.15) is 5.75 Å². The lowest BCUT2D eigenvalue weighted by Crippen LogP contribution is -2.11. The van der Waals surface area contributed by atoms with Crippen LogP contribution in [0.3, 0.4) is 0 Å². The van der Waals surface area contributed by atoms with Crippen molar-refractivity contribution in [3.05, 3.63) is 56.6 Å². The molecule has 0 bridgehead atoms. The first-order valence-electron chi connectivity index (χ1n) is 6.50. The monoisotopic (exact) mass is 401 g/mol. The molecule has 0 heterocycles. The zero-order valence-electron chi connectivity index (χ0n) is 11.5. The minimum atomic E-state index is 0.209. The van der Waals surface area contributed by atoms with Gasteiger partial charge in [0.25, 0.3) is 0 Å². The average molecular weight is 402 g/mol. The fourth-order valence-corrected chi connectivity index (χ4v) is 3.18. The number of methoxy groups -OCH3 is 1. The second-order valence-electron chi connectivity index (χ2n) is 4.47. The van der Waals surface area contributed by atoms with Crippen molar-refractivity contribution < 1.29 is 4.74 Å². The molecule has 0 fully saturated rings. The molecule has 0 aliphatic heterocycles. The SMILES string of the molecule is CCC(Nc1ccc(Cl)cc1I)c1ccccc1OC. The summed E-state index contributed by atoms with van der Waals surface area (Å²) in [7, 11) is 1.71. The topological polar surface area (TPSA) is 21.3 Å². The molecule has 1 atom stereocenters. The van der Waals surface area contributed by atoms with E-state index in [9.17, 15) is 0 Å². The third-order valence-electron chi connectivity index (χ3n) is 3.18. The third-order valence-corrected chi connectivity index (χ3v) is 4.31. The Labute approximate surface area is 138 Å². The van der Waals surface area contributed by atoms with Crippen molar-refractivity contribution in [2.24, 2.45) is 0 Å². The fraction of sp³-hybridized carbons (Fsp3) is 0.250. The minimum absolute atomic E-state index is 0.209. The molecular formula is C16H17ClINO. The van der Waals surface area contributed by atoms with Crippen molar-refractivity contribution in [3.8, 4) is 5.75 Å². The summed E-state index contributed by atoms with van der Waals surface area (Å²) in [6.07, 6.45) is 0.971. The van der Waals surface area contributed by atoms with Gasteiger partial charge < -0.3 is 10.1 Å². The molecule has 0 amide bonds. The summed E-state index contributed by atoms with van der Waals surface area (Å²) >= 11 is 8.29. The van der Waals surface area contributed by atoms with E-state index < -0.39 is 0 Å². The lowest BCUT2D eigenvalue weighted by atomic mass is 10.0. The van der Waals surface area contributed by atoms with E-state index in [-0.39, 0.29) is 6.04 Å². The molecule has 0 aromatic heterocycles. The third kappa shape index (κ3) is 3.58. The standard InChI is InChI=1S/C16H17ClINO/c1-3-14(12-6-4-5-7-16(12)20-2)19-15-9-8-11(17)10-13(15)18/h4-10,14,19H,3H2,1-2H3. The van der Waals surface area contributed by atoms with Crippen molar-refractivity contribution in [3.63, 3.8) is 0 Å². The summed E-state index contributed by atoms with van der Waals surface area (Å²) < 4.78 is 6.57. The van der Waals surface area contributed by atoms with Crippen LogP contribution in [0.5, 0.6) is 5.75 Å². The summed E-state index contributed by atoms with van der Waals surface area (Å²) in [6.45, 7) is 2.16. The molecule has 20 heavy (non-hydrogen) atoms. The van der Waals surface area contributed by atoms with Crippen molar-refractivity contribution >= 4 is 39.9 Å². The Kier molecular flexibility index (Phi) is 5.54. The van der Waals surface area contributed by atoms with Gasteiger partial charge in [-0.15, -0.1) is 0 Å². The molecule has 0 spiro atoms. The number of anilines is 1. The summed E-state index contributed by atoms with van der Waals surface area (Å²) in [4.78, 5) is 0. The van der Waals surface area contributed by atoms with Crippen LogP contribution >= 0.6 is 34.2 Å². The van der Waals surface area contributed by atoms with E-state index in [0.717, 1.165) is 26.5 Å². The Hall–Kier alpha value is -0.940. The Morgan fingerprint density at radius 2 is 2.00 bits per heavy atom. The molecular weight excluding hydrogens is 385 g/mol. The van der Waals surface area contributed by atoms with Crippen molar-refractivity contribution in [2.45, 2.75) is 19.4 Å². The maximum absolute atomic E-state index is 6.00. The maximum Gasteiger partial charge on any atom is 0.124 e. The van der Waals surface area contributed by atoms with Gasteiger partial charge in [0.2, 0.25) is 0 Å². The second-order valence-corrected chi connectivity index (χ2v) is 6.07. The van der Waals surface area contributed by atoms with Crippen LogP contribution in [-0.4, -0.2) is 7.11 Å². The highest BCUT2D eigenvalue weighted by molar-refractivity contribution is 14.1. The molecule has 0 aliphatic rings.